The topological polar surface area (TPSA) is 118 Å². The molecule has 0 bridgehead atoms. The van der Waals surface area contributed by atoms with Crippen molar-refractivity contribution in [3.05, 3.63) is 0 Å². The van der Waals surface area contributed by atoms with Crippen LogP contribution in [0.3, 0.4) is 0 Å². The quantitative estimate of drug-likeness (QED) is 0.589. The molecule has 2 N–H and O–H groups in total. The Balaban J connectivity index is 4.59. The van der Waals surface area contributed by atoms with Crippen molar-refractivity contribution in [3.8, 4) is 0 Å². The molecule has 0 amide bonds. The van der Waals surface area contributed by atoms with Gasteiger partial charge in [0.2, 0.25) is 0 Å². The summed E-state index contributed by atoms with van der Waals surface area (Å²) in [5, 5.41) is -1.66. The molecule has 0 spiro atoms. The molecule has 9 heteroatoms. The zero-order chi connectivity index (χ0) is 11.4. The van der Waals surface area contributed by atoms with Crippen LogP contribution >= 0.6 is 0 Å². The lowest BCUT2D eigenvalue weighted by molar-refractivity contribution is 0.148. The van der Waals surface area contributed by atoms with Crippen molar-refractivity contribution >= 4 is 20.2 Å². The maximum Gasteiger partial charge on any atom is 0.271 e. The van der Waals surface area contributed by atoms with Crippen molar-refractivity contribution in [3.63, 3.8) is 0 Å². The Bertz CT molecular complexity index is 354. The number of hydrogen-bond acceptors (Lipinski definition) is 5. The van der Waals surface area contributed by atoms with Gasteiger partial charge < -0.3 is 4.74 Å². The molecule has 0 saturated heterocycles. The molecule has 0 aromatic rings. The van der Waals surface area contributed by atoms with Gasteiger partial charge in [0.15, 0.2) is 0 Å². The van der Waals surface area contributed by atoms with Gasteiger partial charge >= 0.3 is 0 Å². The highest BCUT2D eigenvalue weighted by Crippen LogP contribution is 2.03. The van der Waals surface area contributed by atoms with Crippen LogP contribution in [0.5, 0.6) is 0 Å². The van der Waals surface area contributed by atoms with E-state index in [4.69, 9.17) is 9.11 Å². The van der Waals surface area contributed by atoms with Crippen LogP contribution in [0.25, 0.3) is 0 Å². The van der Waals surface area contributed by atoms with Crippen molar-refractivity contribution in [2.45, 2.75) is 12.2 Å². The molecule has 7 nitrogen and oxygen atoms in total. The third-order valence-electron chi connectivity index (χ3n) is 1.33. The van der Waals surface area contributed by atoms with Crippen LogP contribution in [-0.4, -0.2) is 50.2 Å². The van der Waals surface area contributed by atoms with Gasteiger partial charge in [-0.2, -0.15) is 16.8 Å². The van der Waals surface area contributed by atoms with E-state index in [0.29, 0.717) is 0 Å². The molecule has 0 aromatic heterocycles. The lowest BCUT2D eigenvalue weighted by Gasteiger charge is -2.11. The van der Waals surface area contributed by atoms with E-state index in [1.165, 1.54) is 0 Å². The summed E-state index contributed by atoms with van der Waals surface area (Å²) in [5.74, 6) is -1.08. The van der Waals surface area contributed by atoms with Crippen molar-refractivity contribution in [2.75, 3.05) is 19.0 Å². The van der Waals surface area contributed by atoms with Gasteiger partial charge in [0.05, 0.1) is 12.4 Å². The SMILES string of the molecule is CCOCC(CS(=O)(=O)O)S(=O)(=O)O. The highest BCUT2D eigenvalue weighted by atomic mass is 32.2. The van der Waals surface area contributed by atoms with E-state index in [9.17, 15) is 16.8 Å². The highest BCUT2D eigenvalue weighted by Gasteiger charge is 2.28. The second kappa shape index (κ2) is 5.03. The molecule has 86 valence electrons. The maximum atomic E-state index is 10.6. The summed E-state index contributed by atoms with van der Waals surface area (Å²) < 4.78 is 63.6. The zero-order valence-electron chi connectivity index (χ0n) is 7.45. The van der Waals surface area contributed by atoms with Crippen molar-refractivity contribution in [1.82, 2.24) is 0 Å². The third kappa shape index (κ3) is 6.27. The van der Waals surface area contributed by atoms with Crippen LogP contribution in [0.2, 0.25) is 0 Å². The molecule has 1 unspecified atom stereocenters. The number of ether oxygens (including phenoxy) is 1. The molecule has 0 fully saturated rings. The van der Waals surface area contributed by atoms with Gasteiger partial charge in [0.1, 0.15) is 5.25 Å². The summed E-state index contributed by atoms with van der Waals surface area (Å²) >= 11 is 0. The molecule has 0 aromatic carbocycles. The van der Waals surface area contributed by atoms with Crippen LogP contribution in [0, 0.1) is 0 Å². The van der Waals surface area contributed by atoms with Gasteiger partial charge in [0, 0.05) is 6.61 Å². The Morgan fingerprint density at radius 3 is 2.00 bits per heavy atom. The standard InChI is InChI=1S/C5H12O7S2/c1-2-12-3-5(14(9,10)11)4-13(6,7)8/h5H,2-4H2,1H3,(H,6,7,8)(H,9,10,11). The Morgan fingerprint density at radius 1 is 1.21 bits per heavy atom. The average Bonchev–Trinajstić information content (AvgIpc) is 1.93. The number of rotatable bonds is 6. The normalized spacial score (nSPS) is 15.4. The van der Waals surface area contributed by atoms with Crippen LogP contribution in [-0.2, 0) is 25.0 Å². The zero-order valence-corrected chi connectivity index (χ0v) is 9.08. The minimum atomic E-state index is -4.53. The average molecular weight is 248 g/mol. The van der Waals surface area contributed by atoms with E-state index in [1.54, 1.807) is 6.92 Å². The summed E-state index contributed by atoms with van der Waals surface area (Å²) in [4.78, 5) is 0. The van der Waals surface area contributed by atoms with E-state index >= 15 is 0 Å². The fourth-order valence-corrected chi connectivity index (χ4v) is 2.74. The lowest BCUT2D eigenvalue weighted by atomic mass is 10.5. The summed E-state index contributed by atoms with van der Waals surface area (Å²) in [6, 6.07) is 0. The van der Waals surface area contributed by atoms with E-state index in [0.717, 1.165) is 0 Å². The van der Waals surface area contributed by atoms with E-state index in [1.807, 2.05) is 0 Å². The largest absolute Gasteiger partial charge is 0.380 e. The maximum absolute atomic E-state index is 10.6. The van der Waals surface area contributed by atoms with Crippen molar-refractivity contribution < 1.29 is 30.7 Å². The van der Waals surface area contributed by atoms with Gasteiger partial charge in [-0.05, 0) is 6.92 Å². The third-order valence-corrected chi connectivity index (χ3v) is 3.51. The van der Waals surface area contributed by atoms with Crippen molar-refractivity contribution in [1.29, 1.82) is 0 Å². The van der Waals surface area contributed by atoms with Gasteiger partial charge in [-0.15, -0.1) is 0 Å². The fourth-order valence-electron chi connectivity index (χ4n) is 0.704. The monoisotopic (exact) mass is 248 g/mol. The predicted octanol–water partition coefficient (Wildman–Crippen LogP) is -0.833. The van der Waals surface area contributed by atoms with Crippen LogP contribution in [0.1, 0.15) is 6.92 Å². The molecular formula is C5H12O7S2. The van der Waals surface area contributed by atoms with Crippen LogP contribution in [0.15, 0.2) is 0 Å². The van der Waals surface area contributed by atoms with Gasteiger partial charge in [0.25, 0.3) is 20.2 Å². The van der Waals surface area contributed by atoms with Gasteiger partial charge in [-0.3, -0.25) is 9.11 Å². The van der Waals surface area contributed by atoms with E-state index in [2.05, 4.69) is 4.74 Å². The first-order valence-electron chi connectivity index (χ1n) is 3.66. The molecule has 0 aliphatic heterocycles. The number of hydrogen-bond donors (Lipinski definition) is 2. The first kappa shape index (κ1) is 13.8. The molecular weight excluding hydrogens is 236 g/mol. The molecule has 0 saturated carbocycles. The Labute approximate surface area is 82.6 Å². The first-order chi connectivity index (χ1) is 6.17. The summed E-state index contributed by atoms with van der Waals surface area (Å²) in [6.07, 6.45) is 0. The van der Waals surface area contributed by atoms with Crippen LogP contribution in [0.4, 0.5) is 0 Å². The van der Waals surface area contributed by atoms with Crippen molar-refractivity contribution in [2.24, 2.45) is 0 Å². The van der Waals surface area contributed by atoms with E-state index in [-0.39, 0.29) is 6.61 Å². The first-order valence-corrected chi connectivity index (χ1v) is 6.77. The smallest absolute Gasteiger partial charge is 0.271 e. The molecule has 0 aliphatic carbocycles. The second-order valence-electron chi connectivity index (χ2n) is 2.55. The Hall–Kier alpha value is -0.220. The van der Waals surface area contributed by atoms with Gasteiger partial charge in [-0.25, -0.2) is 0 Å². The predicted molar refractivity (Wildman–Crippen MR) is 48.2 cm³/mol. The van der Waals surface area contributed by atoms with E-state index < -0.39 is 37.8 Å². The minimum absolute atomic E-state index is 0.178. The van der Waals surface area contributed by atoms with Crippen LogP contribution < -0.4 is 0 Å². The molecule has 0 radical (unpaired) electrons. The Kier molecular flexibility index (Phi) is 4.95. The molecule has 0 heterocycles. The Morgan fingerprint density at radius 2 is 1.71 bits per heavy atom. The molecule has 14 heavy (non-hydrogen) atoms. The molecule has 0 aliphatic rings. The highest BCUT2D eigenvalue weighted by molar-refractivity contribution is 7.90. The summed E-state index contributed by atoms with van der Waals surface area (Å²) in [7, 11) is -8.99. The fraction of sp³-hybridized carbons (Fsp3) is 1.00. The molecule has 0 rings (SSSR count). The minimum Gasteiger partial charge on any atom is -0.380 e. The lowest BCUT2D eigenvalue weighted by Crippen LogP contribution is -2.33. The molecule has 1 atom stereocenters. The summed E-state index contributed by atoms with van der Waals surface area (Å²) in [6.45, 7) is 1.28. The van der Waals surface area contributed by atoms with Gasteiger partial charge in [-0.1, -0.05) is 0 Å². The summed E-state index contributed by atoms with van der Waals surface area (Å²) in [5.41, 5.74) is 0. The second-order valence-corrected chi connectivity index (χ2v) is 5.74.